The molecule has 0 saturated carbocycles. The highest BCUT2D eigenvalue weighted by atomic mass is 16.6. The van der Waals surface area contributed by atoms with Gasteiger partial charge >= 0.3 is 5.97 Å². The second-order valence-electron chi connectivity index (χ2n) is 7.85. The van der Waals surface area contributed by atoms with Crippen LogP contribution in [-0.4, -0.2) is 38.2 Å². The van der Waals surface area contributed by atoms with Crippen LogP contribution in [0.3, 0.4) is 0 Å². The van der Waals surface area contributed by atoms with E-state index in [0.717, 1.165) is 28.7 Å². The highest BCUT2D eigenvalue weighted by molar-refractivity contribution is 6.01. The van der Waals surface area contributed by atoms with Crippen molar-refractivity contribution in [3.63, 3.8) is 0 Å². The quantitative estimate of drug-likeness (QED) is 0.590. The number of ether oxygens (including phenoxy) is 4. The lowest BCUT2D eigenvalue weighted by atomic mass is 9.99. The minimum absolute atomic E-state index is 0.138. The van der Waals surface area contributed by atoms with Gasteiger partial charge in [0.05, 0.1) is 14.2 Å². The van der Waals surface area contributed by atoms with E-state index in [9.17, 15) is 9.59 Å². The molecule has 0 spiro atoms. The first-order chi connectivity index (χ1) is 14.3. The number of carbonyl (C=O) groups excluding carboxylic acids is 2. The SMILES string of the molecule is CCC(=O)OC(C)(C)COc1c(-c2ccc3c(c2)CCC3=O)ccc(OC)c1OC. The van der Waals surface area contributed by atoms with Crippen LogP contribution < -0.4 is 14.2 Å². The summed E-state index contributed by atoms with van der Waals surface area (Å²) in [7, 11) is 3.12. The maximum atomic E-state index is 12.0. The molecular formula is C24H28O6. The Labute approximate surface area is 177 Å². The van der Waals surface area contributed by atoms with Crippen molar-refractivity contribution in [3.8, 4) is 28.4 Å². The second-order valence-corrected chi connectivity index (χ2v) is 7.85. The lowest BCUT2D eigenvalue weighted by Crippen LogP contribution is -2.34. The number of hydrogen-bond acceptors (Lipinski definition) is 6. The van der Waals surface area contributed by atoms with Crippen LogP contribution in [0.1, 0.15) is 49.5 Å². The standard InChI is InChI=1S/C24H28O6/c1-6-21(26)30-24(2,3)14-29-22-18(10-12-20(27-4)23(22)28-5)16-7-9-17-15(13-16)8-11-19(17)25/h7,9-10,12-13H,6,8,11,14H2,1-5H3. The predicted molar refractivity (Wildman–Crippen MR) is 114 cm³/mol. The lowest BCUT2D eigenvalue weighted by molar-refractivity contribution is -0.158. The van der Waals surface area contributed by atoms with E-state index in [2.05, 4.69) is 0 Å². The zero-order valence-electron chi connectivity index (χ0n) is 18.2. The summed E-state index contributed by atoms with van der Waals surface area (Å²) >= 11 is 0. The van der Waals surface area contributed by atoms with E-state index in [1.807, 2.05) is 30.3 Å². The molecule has 0 heterocycles. The van der Waals surface area contributed by atoms with Crippen LogP contribution in [0.5, 0.6) is 17.2 Å². The third-order valence-corrected chi connectivity index (χ3v) is 5.08. The molecule has 30 heavy (non-hydrogen) atoms. The molecule has 0 atom stereocenters. The molecule has 2 aromatic rings. The number of esters is 1. The molecule has 0 unspecified atom stereocenters. The molecule has 0 saturated heterocycles. The van der Waals surface area contributed by atoms with Crippen LogP contribution in [0, 0.1) is 0 Å². The van der Waals surface area contributed by atoms with Crippen LogP contribution in [0.25, 0.3) is 11.1 Å². The predicted octanol–water partition coefficient (Wildman–Crippen LogP) is 4.61. The van der Waals surface area contributed by atoms with Crippen molar-refractivity contribution in [2.24, 2.45) is 0 Å². The van der Waals surface area contributed by atoms with Gasteiger partial charge in [0, 0.05) is 24.0 Å². The van der Waals surface area contributed by atoms with E-state index < -0.39 is 5.60 Å². The van der Waals surface area contributed by atoms with Crippen molar-refractivity contribution < 1.29 is 28.5 Å². The summed E-state index contributed by atoms with van der Waals surface area (Å²) in [4.78, 5) is 23.7. The molecule has 1 aliphatic rings. The molecule has 0 radical (unpaired) electrons. The number of fused-ring (bicyclic) bond motifs is 1. The molecule has 0 fully saturated rings. The van der Waals surface area contributed by atoms with Gasteiger partial charge in [-0.1, -0.05) is 25.1 Å². The monoisotopic (exact) mass is 412 g/mol. The Hall–Kier alpha value is -3.02. The minimum atomic E-state index is -0.817. The van der Waals surface area contributed by atoms with Gasteiger partial charge in [-0.2, -0.15) is 0 Å². The number of Topliss-reactive ketones (excluding diaryl/α,β-unsaturated/α-hetero) is 1. The highest BCUT2D eigenvalue weighted by Crippen LogP contribution is 2.45. The largest absolute Gasteiger partial charge is 0.493 e. The number of benzene rings is 2. The molecule has 0 aromatic heterocycles. The van der Waals surface area contributed by atoms with Gasteiger partial charge < -0.3 is 18.9 Å². The Balaban J connectivity index is 2.00. The summed E-state index contributed by atoms with van der Waals surface area (Å²) in [6, 6.07) is 9.53. The van der Waals surface area contributed by atoms with Gasteiger partial charge in [-0.3, -0.25) is 9.59 Å². The molecule has 2 aromatic carbocycles. The maximum Gasteiger partial charge on any atom is 0.306 e. The number of ketones is 1. The van der Waals surface area contributed by atoms with Crippen LogP contribution in [-0.2, 0) is 16.0 Å². The average Bonchev–Trinajstić information content (AvgIpc) is 3.11. The van der Waals surface area contributed by atoms with Gasteiger partial charge in [-0.15, -0.1) is 0 Å². The Morgan fingerprint density at radius 1 is 1.00 bits per heavy atom. The fraction of sp³-hybridized carbons (Fsp3) is 0.417. The van der Waals surface area contributed by atoms with Crippen molar-refractivity contribution in [1.82, 2.24) is 0 Å². The van der Waals surface area contributed by atoms with Gasteiger partial charge in [-0.05, 0) is 43.5 Å². The van der Waals surface area contributed by atoms with Crippen molar-refractivity contribution in [2.75, 3.05) is 20.8 Å². The smallest absolute Gasteiger partial charge is 0.306 e. The molecule has 6 heteroatoms. The molecule has 0 bridgehead atoms. The van der Waals surface area contributed by atoms with Crippen molar-refractivity contribution >= 4 is 11.8 Å². The van der Waals surface area contributed by atoms with Crippen molar-refractivity contribution in [1.29, 1.82) is 0 Å². The minimum Gasteiger partial charge on any atom is -0.493 e. The molecule has 3 rings (SSSR count). The Morgan fingerprint density at radius 3 is 2.40 bits per heavy atom. The van der Waals surface area contributed by atoms with E-state index in [0.29, 0.717) is 30.1 Å². The number of methoxy groups -OCH3 is 2. The maximum absolute atomic E-state index is 12.0. The van der Waals surface area contributed by atoms with Crippen LogP contribution in [0.4, 0.5) is 0 Å². The molecule has 160 valence electrons. The summed E-state index contributed by atoms with van der Waals surface area (Å²) in [6.07, 6.45) is 1.58. The van der Waals surface area contributed by atoms with Crippen LogP contribution in [0.2, 0.25) is 0 Å². The molecule has 0 amide bonds. The zero-order chi connectivity index (χ0) is 21.9. The van der Waals surface area contributed by atoms with Crippen molar-refractivity contribution in [3.05, 3.63) is 41.5 Å². The first-order valence-electron chi connectivity index (χ1n) is 10.1. The summed E-state index contributed by atoms with van der Waals surface area (Å²) in [5.41, 5.74) is 2.74. The van der Waals surface area contributed by atoms with Gasteiger partial charge in [0.25, 0.3) is 0 Å². The zero-order valence-corrected chi connectivity index (χ0v) is 18.2. The Bertz CT molecular complexity index is 960. The van der Waals surface area contributed by atoms with Crippen molar-refractivity contribution in [2.45, 2.75) is 45.6 Å². The summed E-state index contributed by atoms with van der Waals surface area (Å²) in [5, 5.41) is 0. The summed E-state index contributed by atoms with van der Waals surface area (Å²) in [5.74, 6) is 1.39. The number of hydrogen-bond donors (Lipinski definition) is 0. The van der Waals surface area contributed by atoms with E-state index in [-0.39, 0.29) is 18.4 Å². The Kier molecular flexibility index (Phi) is 6.34. The van der Waals surface area contributed by atoms with E-state index in [4.69, 9.17) is 18.9 Å². The van der Waals surface area contributed by atoms with Crippen LogP contribution in [0.15, 0.2) is 30.3 Å². The molecule has 6 nitrogen and oxygen atoms in total. The second kappa shape index (κ2) is 8.78. The average molecular weight is 412 g/mol. The lowest BCUT2D eigenvalue weighted by Gasteiger charge is -2.26. The fourth-order valence-corrected chi connectivity index (χ4v) is 3.55. The van der Waals surface area contributed by atoms with Gasteiger partial charge in [0.15, 0.2) is 17.3 Å². The summed E-state index contributed by atoms with van der Waals surface area (Å²) in [6.45, 7) is 5.49. The summed E-state index contributed by atoms with van der Waals surface area (Å²) < 4.78 is 22.7. The molecule has 0 aliphatic heterocycles. The first-order valence-corrected chi connectivity index (χ1v) is 10.1. The van der Waals surface area contributed by atoms with Crippen LogP contribution >= 0.6 is 0 Å². The van der Waals surface area contributed by atoms with E-state index >= 15 is 0 Å². The normalized spacial score (nSPS) is 13.0. The topological polar surface area (TPSA) is 71.1 Å². The number of carbonyl (C=O) groups is 2. The molecular weight excluding hydrogens is 384 g/mol. The number of rotatable bonds is 8. The van der Waals surface area contributed by atoms with Gasteiger partial charge in [0.1, 0.15) is 12.2 Å². The molecule has 0 N–H and O–H groups in total. The Morgan fingerprint density at radius 2 is 1.73 bits per heavy atom. The highest BCUT2D eigenvalue weighted by Gasteiger charge is 2.27. The fourth-order valence-electron chi connectivity index (χ4n) is 3.55. The third kappa shape index (κ3) is 4.42. The van der Waals surface area contributed by atoms with Gasteiger partial charge in [-0.25, -0.2) is 0 Å². The molecule has 1 aliphatic carbocycles. The van der Waals surface area contributed by atoms with E-state index in [1.54, 1.807) is 35.0 Å². The number of aryl methyl sites for hydroxylation is 1. The first kappa shape index (κ1) is 21.7. The van der Waals surface area contributed by atoms with E-state index in [1.165, 1.54) is 0 Å². The van der Waals surface area contributed by atoms with Gasteiger partial charge in [0.2, 0.25) is 5.75 Å². The third-order valence-electron chi connectivity index (χ3n) is 5.08.